The minimum atomic E-state index is 0.591. The predicted molar refractivity (Wildman–Crippen MR) is 83.8 cm³/mol. The van der Waals surface area contributed by atoms with E-state index in [2.05, 4.69) is 58.5 Å². The first-order valence-electron chi connectivity index (χ1n) is 7.05. The number of aromatic nitrogens is 1. The van der Waals surface area contributed by atoms with Crippen molar-refractivity contribution in [3.63, 3.8) is 0 Å². The molecule has 0 aliphatic carbocycles. The largest absolute Gasteiger partial charge is 0.299 e. The van der Waals surface area contributed by atoms with Gasteiger partial charge < -0.3 is 0 Å². The third kappa shape index (κ3) is 3.08. The molecular formula is C16H21N3S. The lowest BCUT2D eigenvalue weighted by Gasteiger charge is -2.36. The molecule has 0 amide bonds. The zero-order valence-electron chi connectivity index (χ0n) is 12.1. The predicted octanol–water partition coefficient (Wildman–Crippen LogP) is 2.63. The van der Waals surface area contributed by atoms with Gasteiger partial charge in [-0.3, -0.25) is 9.80 Å². The van der Waals surface area contributed by atoms with E-state index in [0.717, 1.165) is 26.1 Å². The lowest BCUT2D eigenvalue weighted by Crippen LogP contribution is -2.44. The van der Waals surface area contributed by atoms with E-state index < -0.39 is 0 Å². The molecule has 106 valence electrons. The molecule has 0 saturated heterocycles. The maximum Gasteiger partial charge on any atom is 0.0795 e. The molecule has 2 heterocycles. The Morgan fingerprint density at radius 1 is 1.35 bits per heavy atom. The Balaban J connectivity index is 1.63. The Bertz CT molecular complexity index is 553. The first-order valence-corrected chi connectivity index (χ1v) is 7.99. The molecule has 0 bridgehead atoms. The van der Waals surface area contributed by atoms with Crippen molar-refractivity contribution in [2.75, 3.05) is 20.6 Å². The highest BCUT2D eigenvalue weighted by Crippen LogP contribution is 2.22. The van der Waals surface area contributed by atoms with E-state index in [1.807, 2.05) is 5.51 Å². The van der Waals surface area contributed by atoms with Crippen LogP contribution in [-0.2, 0) is 19.5 Å². The summed E-state index contributed by atoms with van der Waals surface area (Å²) in [6.45, 7) is 3.09. The van der Waals surface area contributed by atoms with Crippen molar-refractivity contribution in [2.45, 2.75) is 25.6 Å². The van der Waals surface area contributed by atoms with Crippen molar-refractivity contribution < 1.29 is 0 Å². The van der Waals surface area contributed by atoms with Crippen LogP contribution in [0.15, 0.2) is 35.2 Å². The van der Waals surface area contributed by atoms with E-state index in [-0.39, 0.29) is 0 Å². The van der Waals surface area contributed by atoms with Crippen LogP contribution in [0.25, 0.3) is 0 Å². The highest BCUT2D eigenvalue weighted by molar-refractivity contribution is 7.07. The molecule has 3 rings (SSSR count). The number of rotatable bonds is 4. The van der Waals surface area contributed by atoms with Gasteiger partial charge >= 0.3 is 0 Å². The fourth-order valence-electron chi connectivity index (χ4n) is 2.94. The van der Waals surface area contributed by atoms with Gasteiger partial charge in [0.05, 0.1) is 11.2 Å². The second-order valence-corrected chi connectivity index (χ2v) is 6.44. The number of thiazole rings is 1. The fraction of sp³-hybridized carbons (Fsp3) is 0.438. The number of nitrogens with zero attached hydrogens (tertiary/aromatic N) is 3. The first-order chi connectivity index (χ1) is 9.72. The van der Waals surface area contributed by atoms with Crippen molar-refractivity contribution in [1.29, 1.82) is 0 Å². The lowest BCUT2D eigenvalue weighted by atomic mass is 9.94. The molecule has 0 N–H and O–H groups in total. The van der Waals surface area contributed by atoms with E-state index in [0.29, 0.717) is 6.04 Å². The Labute approximate surface area is 124 Å². The second-order valence-electron chi connectivity index (χ2n) is 5.72. The summed E-state index contributed by atoms with van der Waals surface area (Å²) in [5.41, 5.74) is 6.08. The van der Waals surface area contributed by atoms with Crippen molar-refractivity contribution in [3.05, 3.63) is 52.0 Å². The van der Waals surface area contributed by atoms with Crippen LogP contribution in [0, 0.1) is 0 Å². The summed E-state index contributed by atoms with van der Waals surface area (Å²) in [5.74, 6) is 0. The van der Waals surface area contributed by atoms with Crippen LogP contribution in [-0.4, -0.2) is 41.5 Å². The van der Waals surface area contributed by atoms with Crippen LogP contribution in [0.2, 0.25) is 0 Å². The van der Waals surface area contributed by atoms with Gasteiger partial charge in [-0.1, -0.05) is 24.3 Å². The smallest absolute Gasteiger partial charge is 0.0795 e. The van der Waals surface area contributed by atoms with Gasteiger partial charge in [-0.05, 0) is 31.6 Å². The Morgan fingerprint density at radius 2 is 2.15 bits per heavy atom. The normalized spacial score (nSPS) is 19.2. The summed E-state index contributed by atoms with van der Waals surface area (Å²) in [4.78, 5) is 9.22. The molecule has 20 heavy (non-hydrogen) atoms. The average Bonchev–Trinajstić information content (AvgIpc) is 2.92. The van der Waals surface area contributed by atoms with Gasteiger partial charge in [0.25, 0.3) is 0 Å². The molecule has 1 aromatic heterocycles. The standard InChI is InChI=1S/C16H21N3S/c1-18(9-15-11-20-12-17-15)10-16-7-13-5-3-4-6-14(13)8-19(16)2/h3-6,11-12,16H,7-10H2,1-2H3/t16-/m1/s1. The van der Waals surface area contributed by atoms with Crippen LogP contribution in [0.4, 0.5) is 0 Å². The molecule has 1 aliphatic rings. The van der Waals surface area contributed by atoms with Crippen LogP contribution >= 0.6 is 11.3 Å². The minimum Gasteiger partial charge on any atom is -0.299 e. The summed E-state index contributed by atoms with van der Waals surface area (Å²) >= 11 is 1.67. The van der Waals surface area contributed by atoms with Gasteiger partial charge in [-0.25, -0.2) is 4.98 Å². The number of fused-ring (bicyclic) bond motifs is 1. The Hall–Kier alpha value is -1.23. The average molecular weight is 287 g/mol. The molecular weight excluding hydrogens is 266 g/mol. The third-order valence-electron chi connectivity index (χ3n) is 4.05. The van der Waals surface area contributed by atoms with Gasteiger partial charge in [0.15, 0.2) is 0 Å². The molecule has 1 atom stereocenters. The molecule has 2 aromatic rings. The summed E-state index contributed by atoms with van der Waals surface area (Å²) < 4.78 is 0. The minimum absolute atomic E-state index is 0.591. The van der Waals surface area contributed by atoms with E-state index >= 15 is 0 Å². The van der Waals surface area contributed by atoms with Gasteiger partial charge in [0.2, 0.25) is 0 Å². The van der Waals surface area contributed by atoms with Crippen molar-refractivity contribution >= 4 is 11.3 Å². The number of hydrogen-bond acceptors (Lipinski definition) is 4. The molecule has 0 saturated carbocycles. The molecule has 1 aromatic carbocycles. The Kier molecular flexibility index (Phi) is 4.15. The van der Waals surface area contributed by atoms with Crippen LogP contribution in [0.3, 0.4) is 0 Å². The van der Waals surface area contributed by atoms with Crippen LogP contribution in [0.5, 0.6) is 0 Å². The summed E-state index contributed by atoms with van der Waals surface area (Å²) in [5, 5.41) is 2.14. The van der Waals surface area contributed by atoms with E-state index in [9.17, 15) is 0 Å². The molecule has 0 radical (unpaired) electrons. The molecule has 4 heteroatoms. The fourth-order valence-corrected chi connectivity index (χ4v) is 3.49. The number of likely N-dealkylation sites (N-methyl/N-ethyl adjacent to an activating group) is 2. The highest BCUT2D eigenvalue weighted by atomic mass is 32.1. The van der Waals surface area contributed by atoms with Gasteiger partial charge in [-0.15, -0.1) is 11.3 Å². The highest BCUT2D eigenvalue weighted by Gasteiger charge is 2.24. The van der Waals surface area contributed by atoms with Crippen molar-refractivity contribution in [2.24, 2.45) is 0 Å². The zero-order chi connectivity index (χ0) is 13.9. The van der Waals surface area contributed by atoms with Crippen LogP contribution in [0.1, 0.15) is 16.8 Å². The Morgan fingerprint density at radius 3 is 2.90 bits per heavy atom. The van der Waals surface area contributed by atoms with E-state index in [1.54, 1.807) is 11.3 Å². The van der Waals surface area contributed by atoms with Crippen LogP contribution < -0.4 is 0 Å². The number of benzene rings is 1. The quantitative estimate of drug-likeness (QED) is 0.862. The van der Waals surface area contributed by atoms with E-state index in [1.165, 1.54) is 16.8 Å². The van der Waals surface area contributed by atoms with Gasteiger partial charge in [-0.2, -0.15) is 0 Å². The van der Waals surface area contributed by atoms with Gasteiger partial charge in [0, 0.05) is 31.1 Å². The first kappa shape index (κ1) is 13.7. The SMILES string of the molecule is CN(Cc1cscn1)C[C@H]1Cc2ccccc2CN1C. The maximum atomic E-state index is 4.37. The zero-order valence-corrected chi connectivity index (χ0v) is 12.9. The molecule has 1 aliphatic heterocycles. The van der Waals surface area contributed by atoms with Gasteiger partial charge in [0.1, 0.15) is 0 Å². The molecule has 0 unspecified atom stereocenters. The summed E-state index contributed by atoms with van der Waals surface area (Å²) in [6.07, 6.45) is 1.15. The summed E-state index contributed by atoms with van der Waals surface area (Å²) in [7, 11) is 4.42. The van der Waals surface area contributed by atoms with Crippen molar-refractivity contribution in [1.82, 2.24) is 14.8 Å². The monoisotopic (exact) mass is 287 g/mol. The second kappa shape index (κ2) is 6.04. The molecule has 0 fully saturated rings. The third-order valence-corrected chi connectivity index (χ3v) is 4.69. The van der Waals surface area contributed by atoms with Crippen molar-refractivity contribution in [3.8, 4) is 0 Å². The number of hydrogen-bond donors (Lipinski definition) is 0. The molecule has 3 nitrogen and oxygen atoms in total. The molecule has 0 spiro atoms. The van der Waals surface area contributed by atoms with E-state index in [4.69, 9.17) is 0 Å². The topological polar surface area (TPSA) is 19.4 Å². The maximum absolute atomic E-state index is 4.37. The summed E-state index contributed by atoms with van der Waals surface area (Å²) in [6, 6.07) is 9.41. The lowest BCUT2D eigenvalue weighted by molar-refractivity contribution is 0.158.